The highest BCUT2D eigenvalue weighted by molar-refractivity contribution is 6.04. The van der Waals surface area contributed by atoms with Crippen LogP contribution in [0, 0.1) is 6.92 Å². The molecule has 0 N–H and O–H groups in total. The lowest BCUT2D eigenvalue weighted by Gasteiger charge is -1.90. The Morgan fingerprint density at radius 2 is 2.00 bits per heavy atom. The fourth-order valence-corrected chi connectivity index (χ4v) is 1.69. The number of rotatable bonds is 0. The molecule has 0 aliphatic carbocycles. The van der Waals surface area contributed by atoms with Crippen molar-refractivity contribution in [3.8, 4) is 0 Å². The van der Waals surface area contributed by atoms with E-state index in [0.29, 0.717) is 0 Å². The van der Waals surface area contributed by atoms with Crippen molar-refractivity contribution in [1.82, 2.24) is 9.97 Å². The predicted octanol–water partition coefficient (Wildman–Crippen LogP) is 2.68. The second-order valence-electron chi connectivity index (χ2n) is 3.25. The van der Waals surface area contributed by atoms with E-state index >= 15 is 0 Å². The van der Waals surface area contributed by atoms with E-state index in [1.165, 1.54) is 0 Å². The Balaban J connectivity index is 2.63. The molecule has 3 heteroatoms. The van der Waals surface area contributed by atoms with Crippen molar-refractivity contribution in [2.75, 3.05) is 0 Å². The zero-order chi connectivity index (χ0) is 9.54. The van der Waals surface area contributed by atoms with E-state index < -0.39 is 0 Å². The van der Waals surface area contributed by atoms with Gasteiger partial charge in [-0.15, -0.1) is 0 Å². The van der Waals surface area contributed by atoms with Gasteiger partial charge >= 0.3 is 0 Å². The van der Waals surface area contributed by atoms with Crippen molar-refractivity contribution in [1.29, 1.82) is 0 Å². The first-order valence-electron chi connectivity index (χ1n) is 4.44. The number of hydrogen-bond donors (Lipinski definition) is 0. The van der Waals surface area contributed by atoms with Crippen LogP contribution in [0.2, 0.25) is 0 Å². The molecule has 14 heavy (non-hydrogen) atoms. The number of fused-ring (bicyclic) bond motifs is 3. The van der Waals surface area contributed by atoms with Crippen LogP contribution >= 0.6 is 0 Å². The van der Waals surface area contributed by atoms with E-state index in [2.05, 4.69) is 9.97 Å². The molecule has 0 aliphatic rings. The lowest BCUT2D eigenvalue weighted by Crippen LogP contribution is -1.77. The molecule has 0 amide bonds. The number of nitrogens with zero attached hydrogens (tertiary/aromatic N) is 2. The molecular weight excluding hydrogens is 176 g/mol. The maximum atomic E-state index is 5.66. The third-order valence-electron chi connectivity index (χ3n) is 2.37. The minimum Gasteiger partial charge on any atom is -0.453 e. The van der Waals surface area contributed by atoms with E-state index in [4.69, 9.17) is 4.42 Å². The number of aromatic nitrogens is 2. The van der Waals surface area contributed by atoms with E-state index in [0.717, 1.165) is 27.6 Å². The Morgan fingerprint density at radius 1 is 1.14 bits per heavy atom. The van der Waals surface area contributed by atoms with Crippen LogP contribution < -0.4 is 0 Å². The normalized spacial score (nSPS) is 11.2. The van der Waals surface area contributed by atoms with Crippen LogP contribution in [0.25, 0.3) is 21.9 Å². The molecule has 3 nitrogen and oxygen atoms in total. The molecule has 0 atom stereocenters. The van der Waals surface area contributed by atoms with E-state index in [-0.39, 0.29) is 0 Å². The molecular formula is C11H8N2O. The first-order chi connectivity index (χ1) is 6.86. The molecule has 3 aromatic rings. The Hall–Kier alpha value is -1.90. The largest absolute Gasteiger partial charge is 0.453 e. The van der Waals surface area contributed by atoms with Crippen molar-refractivity contribution in [3.05, 3.63) is 36.4 Å². The van der Waals surface area contributed by atoms with Gasteiger partial charge in [0, 0.05) is 23.2 Å². The Labute approximate surface area is 80.4 Å². The Morgan fingerprint density at radius 3 is 2.93 bits per heavy atom. The average Bonchev–Trinajstić information content (AvgIpc) is 2.59. The van der Waals surface area contributed by atoms with Crippen LogP contribution in [0.15, 0.2) is 35.1 Å². The summed E-state index contributed by atoms with van der Waals surface area (Å²) in [6.07, 6.45) is 5.30. The summed E-state index contributed by atoms with van der Waals surface area (Å²) in [7, 11) is 0. The summed E-state index contributed by atoms with van der Waals surface area (Å²) < 4.78 is 5.66. The fraction of sp³-hybridized carbons (Fsp3) is 0.0909. The smallest absolute Gasteiger partial charge is 0.156 e. The summed E-state index contributed by atoms with van der Waals surface area (Å²) in [6.45, 7) is 1.94. The molecule has 0 bridgehead atoms. The molecule has 3 heterocycles. The molecule has 0 aromatic carbocycles. The summed E-state index contributed by atoms with van der Waals surface area (Å²) in [5, 5.41) is 2.20. The van der Waals surface area contributed by atoms with Crippen molar-refractivity contribution in [2.24, 2.45) is 0 Å². The Bertz CT molecular complexity index is 613. The molecule has 3 aromatic heterocycles. The first-order valence-corrected chi connectivity index (χ1v) is 4.44. The Kier molecular flexibility index (Phi) is 1.36. The molecule has 0 aliphatic heterocycles. The third-order valence-corrected chi connectivity index (χ3v) is 2.37. The predicted molar refractivity (Wildman–Crippen MR) is 54.0 cm³/mol. The third kappa shape index (κ3) is 0.865. The fourth-order valence-electron chi connectivity index (χ4n) is 1.69. The van der Waals surface area contributed by atoms with Crippen LogP contribution in [0.1, 0.15) is 5.69 Å². The minimum atomic E-state index is 0.818. The van der Waals surface area contributed by atoms with Crippen molar-refractivity contribution in [3.63, 3.8) is 0 Å². The van der Waals surface area contributed by atoms with Gasteiger partial charge in [0.25, 0.3) is 0 Å². The number of hydrogen-bond acceptors (Lipinski definition) is 3. The molecule has 0 fully saturated rings. The molecule has 68 valence electrons. The number of furan rings is 1. The van der Waals surface area contributed by atoms with Crippen LogP contribution in [0.4, 0.5) is 0 Å². The van der Waals surface area contributed by atoms with Crippen LogP contribution in [0.3, 0.4) is 0 Å². The maximum Gasteiger partial charge on any atom is 0.156 e. The van der Waals surface area contributed by atoms with Gasteiger partial charge in [-0.3, -0.25) is 9.97 Å². The standard InChI is InChI=1S/C11H8N2O/c1-7-11-9(3-5-13-7)8-2-4-12-6-10(8)14-11/h2-6H,1H3. The molecule has 0 saturated carbocycles. The van der Waals surface area contributed by atoms with Crippen molar-refractivity contribution < 1.29 is 4.42 Å². The van der Waals surface area contributed by atoms with Crippen LogP contribution in [0.5, 0.6) is 0 Å². The number of aryl methyl sites for hydroxylation is 1. The van der Waals surface area contributed by atoms with Gasteiger partial charge in [-0.1, -0.05) is 0 Å². The van der Waals surface area contributed by atoms with Crippen LogP contribution in [-0.4, -0.2) is 9.97 Å². The molecule has 0 spiro atoms. The summed E-state index contributed by atoms with van der Waals surface area (Å²) in [5.74, 6) is 0. The van der Waals surface area contributed by atoms with Gasteiger partial charge in [0.15, 0.2) is 11.2 Å². The second-order valence-corrected chi connectivity index (χ2v) is 3.25. The topological polar surface area (TPSA) is 38.9 Å². The highest BCUT2D eigenvalue weighted by atomic mass is 16.3. The lowest BCUT2D eigenvalue weighted by molar-refractivity contribution is 0.661. The monoisotopic (exact) mass is 184 g/mol. The number of pyridine rings is 2. The maximum absolute atomic E-state index is 5.66. The lowest BCUT2D eigenvalue weighted by atomic mass is 10.2. The van der Waals surface area contributed by atoms with Crippen LogP contribution in [-0.2, 0) is 0 Å². The van der Waals surface area contributed by atoms with Gasteiger partial charge in [-0.2, -0.15) is 0 Å². The van der Waals surface area contributed by atoms with Gasteiger partial charge in [-0.05, 0) is 19.1 Å². The zero-order valence-corrected chi connectivity index (χ0v) is 7.69. The van der Waals surface area contributed by atoms with Gasteiger partial charge in [0.2, 0.25) is 0 Å². The minimum absolute atomic E-state index is 0.818. The van der Waals surface area contributed by atoms with E-state index in [9.17, 15) is 0 Å². The van der Waals surface area contributed by atoms with Crippen molar-refractivity contribution in [2.45, 2.75) is 6.92 Å². The highest BCUT2D eigenvalue weighted by Gasteiger charge is 2.07. The SMILES string of the molecule is Cc1nccc2c1oc1cnccc12. The van der Waals surface area contributed by atoms with Gasteiger partial charge in [0.05, 0.1) is 11.9 Å². The van der Waals surface area contributed by atoms with E-state index in [1.807, 2.05) is 19.1 Å². The summed E-state index contributed by atoms with van der Waals surface area (Å²) in [6, 6.07) is 3.93. The molecule has 0 radical (unpaired) electrons. The van der Waals surface area contributed by atoms with Gasteiger partial charge in [-0.25, -0.2) is 0 Å². The van der Waals surface area contributed by atoms with Gasteiger partial charge in [0.1, 0.15) is 0 Å². The molecule has 0 unspecified atom stereocenters. The molecule has 3 rings (SSSR count). The first kappa shape index (κ1) is 7.50. The zero-order valence-electron chi connectivity index (χ0n) is 7.69. The van der Waals surface area contributed by atoms with Gasteiger partial charge < -0.3 is 4.42 Å². The average molecular weight is 184 g/mol. The summed E-state index contributed by atoms with van der Waals surface area (Å²) in [5.41, 5.74) is 2.59. The summed E-state index contributed by atoms with van der Waals surface area (Å²) in [4.78, 5) is 8.21. The molecule has 0 saturated heterocycles. The quantitative estimate of drug-likeness (QED) is 0.539. The van der Waals surface area contributed by atoms with E-state index in [1.54, 1.807) is 18.6 Å². The van der Waals surface area contributed by atoms with Crippen molar-refractivity contribution >= 4 is 21.9 Å². The summed E-state index contributed by atoms with van der Waals surface area (Å²) >= 11 is 0. The highest BCUT2D eigenvalue weighted by Crippen LogP contribution is 2.28. The second kappa shape index (κ2) is 2.54.